The van der Waals surface area contributed by atoms with Crippen LogP contribution in [0.4, 0.5) is 52.1 Å². The van der Waals surface area contributed by atoms with E-state index in [4.69, 9.17) is 4.74 Å². The number of benzene rings is 3. The van der Waals surface area contributed by atoms with Gasteiger partial charge in [-0.2, -0.15) is 18.2 Å². The number of rotatable bonds is 12. The number of carbonyl (C=O) groups is 1. The second-order valence-electron chi connectivity index (χ2n) is 10.2. The Kier molecular flexibility index (Phi) is 10.2. The Balaban J connectivity index is 1.76. The predicted octanol–water partition coefficient (Wildman–Crippen LogP) is 6.92. The lowest BCUT2D eigenvalue weighted by atomic mass is 10.1. The van der Waals surface area contributed by atoms with Crippen LogP contribution < -0.4 is 25.6 Å². The molecule has 0 unspecified atom stereocenters. The summed E-state index contributed by atoms with van der Waals surface area (Å²) in [7, 11) is 7.30. The smallest absolute Gasteiger partial charge is 0.416 e. The molecule has 4 aromatic rings. The Morgan fingerprint density at radius 1 is 0.978 bits per heavy atom. The van der Waals surface area contributed by atoms with Crippen molar-refractivity contribution in [1.82, 2.24) is 14.9 Å². The lowest BCUT2D eigenvalue weighted by Crippen LogP contribution is -2.29. The molecule has 13 heteroatoms. The number of nitrogens with zero attached hydrogens (tertiary/aromatic N) is 4. The maximum Gasteiger partial charge on any atom is 0.416 e. The zero-order valence-electron chi connectivity index (χ0n) is 25.2. The van der Waals surface area contributed by atoms with Gasteiger partial charge in [-0.05, 0) is 56.1 Å². The number of ether oxygens (including phenoxy) is 1. The largest absolute Gasteiger partial charge is 0.494 e. The molecule has 3 aromatic carbocycles. The van der Waals surface area contributed by atoms with Crippen LogP contribution in [0.5, 0.6) is 5.75 Å². The van der Waals surface area contributed by atoms with Crippen LogP contribution in [-0.2, 0) is 11.0 Å². The predicted molar refractivity (Wildman–Crippen MR) is 169 cm³/mol. The Bertz CT molecular complexity index is 1660. The van der Waals surface area contributed by atoms with Gasteiger partial charge in [-0.3, -0.25) is 4.79 Å². The van der Waals surface area contributed by atoms with Gasteiger partial charge in [-0.1, -0.05) is 30.8 Å². The number of para-hydroxylation sites is 1. The Morgan fingerprint density at radius 3 is 2.31 bits per heavy atom. The van der Waals surface area contributed by atoms with Gasteiger partial charge in [0, 0.05) is 38.0 Å². The highest BCUT2D eigenvalue weighted by atomic mass is 19.4. The first kappa shape index (κ1) is 32.7. The minimum atomic E-state index is -4.50. The molecule has 0 spiro atoms. The van der Waals surface area contributed by atoms with E-state index in [2.05, 4.69) is 32.5 Å². The van der Waals surface area contributed by atoms with E-state index in [1.807, 2.05) is 30.9 Å². The first-order chi connectivity index (χ1) is 21.4. The first-order valence-corrected chi connectivity index (χ1v) is 13.7. The molecule has 1 aromatic heterocycles. The zero-order chi connectivity index (χ0) is 32.7. The number of amides is 1. The molecule has 0 aliphatic heterocycles. The van der Waals surface area contributed by atoms with E-state index in [0.717, 1.165) is 24.8 Å². The number of alkyl halides is 3. The molecule has 45 heavy (non-hydrogen) atoms. The minimum Gasteiger partial charge on any atom is -0.494 e. The maximum absolute atomic E-state index is 14.6. The van der Waals surface area contributed by atoms with Crippen LogP contribution >= 0.6 is 0 Å². The number of halogens is 4. The molecule has 0 radical (unpaired) electrons. The number of methoxy groups -OCH3 is 1. The Hall–Kier alpha value is -5.17. The van der Waals surface area contributed by atoms with Gasteiger partial charge < -0.3 is 30.5 Å². The molecule has 9 nitrogen and oxygen atoms in total. The molecule has 3 N–H and O–H groups in total. The van der Waals surface area contributed by atoms with E-state index in [-0.39, 0.29) is 17.5 Å². The summed E-state index contributed by atoms with van der Waals surface area (Å²) in [6.07, 6.45) is -1.93. The molecule has 236 valence electrons. The van der Waals surface area contributed by atoms with Crippen LogP contribution in [0.3, 0.4) is 0 Å². The molecule has 4 rings (SSSR count). The van der Waals surface area contributed by atoms with Crippen LogP contribution in [0.1, 0.15) is 5.56 Å². The topological polar surface area (TPSA) is 94.6 Å². The van der Waals surface area contributed by atoms with Crippen molar-refractivity contribution in [2.24, 2.45) is 0 Å². The average molecular weight is 624 g/mol. The Labute approximate surface area is 258 Å². The van der Waals surface area contributed by atoms with Crippen LogP contribution in [0.25, 0.3) is 11.1 Å². The van der Waals surface area contributed by atoms with Crippen molar-refractivity contribution >= 4 is 40.4 Å². The van der Waals surface area contributed by atoms with Crippen molar-refractivity contribution in [3.8, 4) is 16.9 Å². The number of nitrogens with one attached hydrogen (secondary N) is 3. The highest BCUT2D eigenvalue weighted by Gasteiger charge is 2.30. The van der Waals surface area contributed by atoms with Gasteiger partial charge in [-0.15, -0.1) is 0 Å². The van der Waals surface area contributed by atoms with Crippen molar-refractivity contribution in [3.63, 3.8) is 0 Å². The third kappa shape index (κ3) is 8.26. The highest BCUT2D eigenvalue weighted by molar-refractivity contribution is 6.02. The first-order valence-electron chi connectivity index (χ1n) is 13.7. The lowest BCUT2D eigenvalue weighted by molar-refractivity contribution is -0.137. The summed E-state index contributed by atoms with van der Waals surface area (Å²) in [5, 5.41) is 8.84. The van der Waals surface area contributed by atoms with Gasteiger partial charge >= 0.3 is 6.18 Å². The molecular weight excluding hydrogens is 590 g/mol. The summed E-state index contributed by atoms with van der Waals surface area (Å²) in [5.74, 6) is -0.351. The molecule has 1 heterocycles. The van der Waals surface area contributed by atoms with E-state index in [1.165, 1.54) is 43.6 Å². The van der Waals surface area contributed by atoms with Crippen LogP contribution in [0.15, 0.2) is 79.5 Å². The van der Waals surface area contributed by atoms with Crippen molar-refractivity contribution in [2.75, 3.05) is 62.2 Å². The van der Waals surface area contributed by atoms with Gasteiger partial charge in [0.2, 0.25) is 11.9 Å². The number of likely N-dealkylation sites (N-methyl/N-ethyl adjacent to an activating group) is 2. The van der Waals surface area contributed by atoms with Crippen LogP contribution in [-0.4, -0.2) is 62.1 Å². The summed E-state index contributed by atoms with van der Waals surface area (Å²) >= 11 is 0. The lowest BCUT2D eigenvalue weighted by Gasteiger charge is -2.26. The molecule has 0 bridgehead atoms. The molecule has 0 atom stereocenters. The molecule has 0 saturated heterocycles. The summed E-state index contributed by atoms with van der Waals surface area (Å²) < 4.78 is 59.8. The van der Waals surface area contributed by atoms with Crippen molar-refractivity contribution in [2.45, 2.75) is 6.18 Å². The van der Waals surface area contributed by atoms with E-state index in [9.17, 15) is 22.4 Å². The number of anilines is 6. The summed E-state index contributed by atoms with van der Waals surface area (Å²) in [4.78, 5) is 25.2. The molecular formula is C32H33F4N7O2. The summed E-state index contributed by atoms with van der Waals surface area (Å²) in [5.41, 5.74) is 1.57. The maximum atomic E-state index is 14.6. The van der Waals surface area contributed by atoms with Crippen molar-refractivity contribution < 1.29 is 27.1 Å². The molecule has 0 fully saturated rings. The molecule has 0 saturated carbocycles. The third-order valence-corrected chi connectivity index (χ3v) is 6.74. The molecule has 1 amide bonds. The van der Waals surface area contributed by atoms with E-state index in [0.29, 0.717) is 40.5 Å². The van der Waals surface area contributed by atoms with Crippen LogP contribution in [0, 0.1) is 5.82 Å². The van der Waals surface area contributed by atoms with E-state index < -0.39 is 23.5 Å². The van der Waals surface area contributed by atoms with Crippen molar-refractivity contribution in [1.29, 1.82) is 0 Å². The number of hydrogen-bond acceptors (Lipinski definition) is 8. The second-order valence-corrected chi connectivity index (χ2v) is 10.2. The van der Waals surface area contributed by atoms with Gasteiger partial charge in [0.1, 0.15) is 17.4 Å². The standard InChI is InChI=1S/C32H33F4N7O2/c1-6-29(44)38-25-17-26(28(45-5)18-27(25)43(4)16-15-42(2)3)40-31-37-19-22(20-11-13-21(14-12-20)32(34,35)36)30(41-31)39-24-10-8-7-9-23(24)33/h6-14,17-19H,1,15-16H2,2-5H3,(H,38,44)(H2,37,39,40,41). The monoisotopic (exact) mass is 623 g/mol. The summed E-state index contributed by atoms with van der Waals surface area (Å²) in [6.45, 7) is 4.94. The molecule has 0 aliphatic carbocycles. The quantitative estimate of drug-likeness (QED) is 0.116. The fourth-order valence-corrected chi connectivity index (χ4v) is 4.30. The SMILES string of the molecule is C=CC(=O)Nc1cc(Nc2ncc(-c3ccc(C(F)(F)F)cc3)c(Nc3ccccc3F)n2)c(OC)cc1N(C)CCN(C)C. The van der Waals surface area contributed by atoms with Gasteiger partial charge in [-0.25, -0.2) is 9.37 Å². The number of carbonyl (C=O) groups excluding carboxylic acids is 1. The highest BCUT2D eigenvalue weighted by Crippen LogP contribution is 2.39. The van der Waals surface area contributed by atoms with Gasteiger partial charge in [0.25, 0.3) is 0 Å². The summed E-state index contributed by atoms with van der Waals surface area (Å²) in [6, 6.07) is 13.8. The Morgan fingerprint density at radius 2 is 1.69 bits per heavy atom. The number of aromatic nitrogens is 2. The third-order valence-electron chi connectivity index (χ3n) is 6.74. The van der Waals surface area contributed by atoms with Gasteiger partial charge in [0.15, 0.2) is 0 Å². The minimum absolute atomic E-state index is 0.0671. The van der Waals surface area contributed by atoms with Crippen molar-refractivity contribution in [3.05, 3.63) is 90.9 Å². The normalized spacial score (nSPS) is 11.2. The fraction of sp³-hybridized carbons (Fsp3) is 0.219. The molecule has 0 aliphatic rings. The van der Waals surface area contributed by atoms with Gasteiger partial charge in [0.05, 0.1) is 35.4 Å². The fourth-order valence-electron chi connectivity index (χ4n) is 4.30. The second kappa shape index (κ2) is 14.1. The number of hydrogen-bond donors (Lipinski definition) is 3. The van der Waals surface area contributed by atoms with E-state index >= 15 is 0 Å². The zero-order valence-corrected chi connectivity index (χ0v) is 25.2. The van der Waals surface area contributed by atoms with Crippen LogP contribution in [0.2, 0.25) is 0 Å². The average Bonchev–Trinajstić information content (AvgIpc) is 3.01. The van der Waals surface area contributed by atoms with E-state index in [1.54, 1.807) is 18.2 Å².